The maximum atomic E-state index is 11.3. The van der Waals surface area contributed by atoms with Gasteiger partial charge in [0.15, 0.2) is 0 Å². The van der Waals surface area contributed by atoms with E-state index >= 15 is 0 Å². The Morgan fingerprint density at radius 3 is 2.60 bits per heavy atom. The molecule has 0 bridgehead atoms. The molecule has 1 rings (SSSR count). The van der Waals surface area contributed by atoms with Crippen LogP contribution in [0, 0.1) is 36.6 Å². The zero-order chi connectivity index (χ0) is 10.9. The van der Waals surface area contributed by atoms with Gasteiger partial charge < -0.3 is 0 Å². The molecular weight excluding hydrogens is 339 g/mol. The second kappa shape index (κ2) is 8.13. The molecule has 0 saturated carbocycles. The summed E-state index contributed by atoms with van der Waals surface area (Å²) in [5, 5.41) is 0. The predicted octanol–water partition coefficient (Wildman–Crippen LogP) is 2.52. The molecule has 0 aliphatic rings. The molecule has 0 radical (unpaired) electrons. The summed E-state index contributed by atoms with van der Waals surface area (Å²) in [6, 6.07) is 8.80. The van der Waals surface area contributed by atoms with Crippen LogP contribution < -0.4 is 0 Å². The Bertz CT molecular complexity index is 287. The monoisotopic (exact) mass is 352 g/mol. The topological polar surface area (TPSA) is 35.5 Å². The van der Waals surface area contributed by atoms with Gasteiger partial charge in [0, 0.05) is 0 Å². The third-order valence-corrected chi connectivity index (χ3v) is 2.50. The Hall–Kier alpha value is -0.0643. The summed E-state index contributed by atoms with van der Waals surface area (Å²) in [5.41, 5.74) is 0.507. The Balaban J connectivity index is 2.20. The molecule has 0 aromatic heterocycles. The van der Waals surface area contributed by atoms with Crippen LogP contribution in [0.1, 0.15) is 23.2 Å². The van der Waals surface area contributed by atoms with Gasteiger partial charge >= 0.3 is 115 Å². The molecule has 1 aromatic carbocycles. The first-order valence-corrected chi connectivity index (χ1v) is 6.27. The van der Waals surface area contributed by atoms with Crippen molar-refractivity contribution in [3.8, 4) is 0 Å². The molecule has 0 unspecified atom stereocenters. The van der Waals surface area contributed by atoms with Gasteiger partial charge in [0.2, 0.25) is 0 Å². The summed E-state index contributed by atoms with van der Waals surface area (Å²) < 4.78 is 1.12. The van der Waals surface area contributed by atoms with Crippen molar-refractivity contribution in [1.82, 2.24) is 0 Å². The molecule has 0 aliphatic carbocycles. The fourth-order valence-corrected chi connectivity index (χ4v) is 1.50. The normalized spacial score (nSPS) is 10.0. The average Bonchev–Trinajstić information content (AvgIpc) is 2.30. The first-order valence-electron chi connectivity index (χ1n) is 4.76. The molecule has 3 nitrogen and oxygen atoms in total. The Kier molecular flexibility index (Phi) is 7.05. The SMILES string of the molecule is O=C(OOCCC[CH2][Tb])c1ccccc1. The van der Waals surface area contributed by atoms with E-state index in [4.69, 9.17) is 4.89 Å². The van der Waals surface area contributed by atoms with Crippen molar-refractivity contribution in [2.75, 3.05) is 6.61 Å². The molecule has 1 aromatic rings. The number of hydrogen-bond donors (Lipinski definition) is 0. The third-order valence-electron chi connectivity index (χ3n) is 1.74. The van der Waals surface area contributed by atoms with Crippen molar-refractivity contribution >= 4 is 5.97 Å². The van der Waals surface area contributed by atoms with Crippen LogP contribution in [0.3, 0.4) is 0 Å². The molecule has 0 aliphatic heterocycles. The number of hydrogen-bond acceptors (Lipinski definition) is 3. The third kappa shape index (κ3) is 5.54. The molecule has 0 fully saturated rings. The molecular formula is C11H13O3Tb. The van der Waals surface area contributed by atoms with Crippen molar-refractivity contribution in [3.05, 3.63) is 35.9 Å². The van der Waals surface area contributed by atoms with Gasteiger partial charge in [-0.15, -0.1) is 0 Å². The van der Waals surface area contributed by atoms with Crippen molar-refractivity contribution in [3.63, 3.8) is 0 Å². The summed E-state index contributed by atoms with van der Waals surface area (Å²) in [6.07, 6.45) is 2.00. The van der Waals surface area contributed by atoms with Gasteiger partial charge in [-0.3, -0.25) is 0 Å². The quantitative estimate of drug-likeness (QED) is 0.448. The molecule has 0 atom stereocenters. The van der Waals surface area contributed by atoms with Gasteiger partial charge in [-0.1, -0.05) is 0 Å². The van der Waals surface area contributed by atoms with E-state index in [-0.39, 0.29) is 0 Å². The number of carbonyl (C=O) groups is 1. The average molecular weight is 352 g/mol. The van der Waals surface area contributed by atoms with Crippen LogP contribution in [0.4, 0.5) is 0 Å². The second-order valence-corrected chi connectivity index (χ2v) is 4.00. The number of rotatable bonds is 6. The van der Waals surface area contributed by atoms with E-state index in [0.717, 1.165) is 15.2 Å². The van der Waals surface area contributed by atoms with Crippen molar-refractivity contribution in [2.45, 2.75) is 15.2 Å². The number of benzene rings is 1. The Labute approximate surface area is 114 Å². The summed E-state index contributed by atoms with van der Waals surface area (Å²) in [5.74, 6) is -0.438. The van der Waals surface area contributed by atoms with E-state index in [2.05, 4.69) is 41.5 Å². The van der Waals surface area contributed by atoms with Crippen LogP contribution in [-0.2, 0) is 9.78 Å². The molecule has 0 saturated heterocycles. The van der Waals surface area contributed by atoms with Gasteiger partial charge in [0.1, 0.15) is 0 Å². The van der Waals surface area contributed by atoms with Gasteiger partial charge in [0.05, 0.1) is 0 Å². The molecule has 0 spiro atoms. The van der Waals surface area contributed by atoms with Crippen molar-refractivity contribution in [1.29, 1.82) is 0 Å². The standard InChI is InChI=1S/C11H13O3.Tb/c1-2-3-9-13-14-11(12)10-7-5-4-6-8-10;/h4-8H,1-3,9H2;. The molecule has 0 amide bonds. The summed E-state index contributed by atoms with van der Waals surface area (Å²) >= 11 is 2.11. The van der Waals surface area contributed by atoms with E-state index in [1.54, 1.807) is 24.3 Å². The molecule has 84 valence electrons. The van der Waals surface area contributed by atoms with Crippen LogP contribution in [0.25, 0.3) is 0 Å². The van der Waals surface area contributed by atoms with Crippen LogP contribution in [0.2, 0.25) is 2.39 Å². The Morgan fingerprint density at radius 1 is 1.20 bits per heavy atom. The fourth-order valence-electron chi connectivity index (χ4n) is 0.962. The predicted molar refractivity (Wildman–Crippen MR) is 51.9 cm³/mol. The van der Waals surface area contributed by atoms with Crippen LogP contribution in [0.5, 0.6) is 0 Å². The molecule has 0 N–H and O–H groups in total. The van der Waals surface area contributed by atoms with Crippen LogP contribution >= 0.6 is 0 Å². The molecule has 4 heteroatoms. The van der Waals surface area contributed by atoms with Crippen molar-refractivity contribution in [2.24, 2.45) is 0 Å². The summed E-state index contributed by atoms with van der Waals surface area (Å²) in [7, 11) is 0. The van der Waals surface area contributed by atoms with Crippen LogP contribution in [0.15, 0.2) is 30.3 Å². The zero-order valence-electron chi connectivity index (χ0n) is 8.27. The van der Waals surface area contributed by atoms with E-state index in [1.807, 2.05) is 6.07 Å². The zero-order valence-corrected chi connectivity index (χ0v) is 10.4. The second-order valence-electron chi connectivity index (χ2n) is 2.93. The minimum absolute atomic E-state index is 0.438. The van der Waals surface area contributed by atoms with Gasteiger partial charge in [-0.05, 0) is 0 Å². The maximum absolute atomic E-state index is 11.3. The van der Waals surface area contributed by atoms with E-state index in [0.29, 0.717) is 12.2 Å². The minimum atomic E-state index is -0.438. The first-order chi connectivity index (χ1) is 7.34. The summed E-state index contributed by atoms with van der Waals surface area (Å²) in [6.45, 7) is 0.465. The molecule has 0 heterocycles. The summed E-state index contributed by atoms with van der Waals surface area (Å²) in [4.78, 5) is 20.8. The fraction of sp³-hybridized carbons (Fsp3) is 0.364. The Morgan fingerprint density at radius 2 is 1.93 bits per heavy atom. The van der Waals surface area contributed by atoms with Gasteiger partial charge in [-0.2, -0.15) is 0 Å². The van der Waals surface area contributed by atoms with Gasteiger partial charge in [0.25, 0.3) is 0 Å². The van der Waals surface area contributed by atoms with Gasteiger partial charge in [-0.25, -0.2) is 0 Å². The van der Waals surface area contributed by atoms with Crippen LogP contribution in [-0.4, -0.2) is 12.6 Å². The number of carbonyl (C=O) groups excluding carboxylic acids is 1. The van der Waals surface area contributed by atoms with E-state index < -0.39 is 5.97 Å². The van der Waals surface area contributed by atoms with E-state index in [9.17, 15) is 4.79 Å². The molecule has 15 heavy (non-hydrogen) atoms. The number of unbranched alkanes of at least 4 members (excludes halogenated alkanes) is 1. The van der Waals surface area contributed by atoms with Crippen molar-refractivity contribution < 1.29 is 51.2 Å². The van der Waals surface area contributed by atoms with E-state index in [1.165, 1.54) is 0 Å². The first kappa shape index (κ1) is 13.0.